The van der Waals surface area contributed by atoms with Gasteiger partial charge in [-0.05, 0) is 42.4 Å². The van der Waals surface area contributed by atoms with Crippen LogP contribution in [0.3, 0.4) is 0 Å². The van der Waals surface area contributed by atoms with Gasteiger partial charge in [0.15, 0.2) is 0 Å². The largest absolute Gasteiger partial charge is 0.361 e. The van der Waals surface area contributed by atoms with Gasteiger partial charge in [-0.25, -0.2) is 4.79 Å². The first kappa shape index (κ1) is 22.7. The lowest BCUT2D eigenvalue weighted by Crippen LogP contribution is -2.56. The number of benzene rings is 2. The number of hydrogen-bond acceptors (Lipinski definition) is 3. The summed E-state index contributed by atoms with van der Waals surface area (Å²) in [6, 6.07) is 18.5. The van der Waals surface area contributed by atoms with Crippen LogP contribution in [0.1, 0.15) is 37.8 Å². The molecule has 3 heterocycles. The maximum Gasteiger partial charge on any atom is 0.327 e. The van der Waals surface area contributed by atoms with E-state index in [0.717, 1.165) is 31.6 Å². The molecule has 0 atom stereocenters. The minimum absolute atomic E-state index is 0.00556. The van der Waals surface area contributed by atoms with Crippen LogP contribution in [0.2, 0.25) is 0 Å². The molecule has 2 saturated heterocycles. The Morgan fingerprint density at radius 3 is 2.41 bits per heavy atom. The molecule has 1 N–H and O–H groups in total. The highest BCUT2D eigenvalue weighted by molar-refractivity contribution is 6.07. The molecule has 3 aromatic rings. The number of carbonyl (C=O) groups is 2. The normalized spacial score (nSPS) is 18.7. The number of hydrogen-bond donors (Lipinski definition) is 1. The minimum atomic E-state index is -0.711. The van der Waals surface area contributed by atoms with Crippen LogP contribution in [0.4, 0.5) is 4.79 Å². The van der Waals surface area contributed by atoms with Crippen LogP contribution in [-0.2, 0) is 17.8 Å². The number of para-hydroxylation sites is 1. The summed E-state index contributed by atoms with van der Waals surface area (Å²) in [4.78, 5) is 36.3. The lowest BCUT2D eigenvalue weighted by Gasteiger charge is -2.42. The van der Waals surface area contributed by atoms with E-state index in [4.69, 9.17) is 0 Å². The number of likely N-dealkylation sites (tertiary alicyclic amines) is 1. The fraction of sp³-hybridized carbons (Fsp3) is 0.429. The molecule has 178 valence electrons. The molecule has 2 aliphatic heterocycles. The zero-order valence-electron chi connectivity index (χ0n) is 20.2. The maximum absolute atomic E-state index is 13.7. The summed E-state index contributed by atoms with van der Waals surface area (Å²) in [7, 11) is 0. The Hall–Kier alpha value is -3.12. The van der Waals surface area contributed by atoms with Crippen molar-refractivity contribution in [2.75, 3.05) is 26.2 Å². The second-order valence-electron chi connectivity index (χ2n) is 10.1. The topological polar surface area (TPSA) is 59.7 Å². The van der Waals surface area contributed by atoms with Crippen LogP contribution < -0.4 is 0 Å². The van der Waals surface area contributed by atoms with Crippen LogP contribution in [0, 0.1) is 5.92 Å². The third-order valence-corrected chi connectivity index (χ3v) is 7.39. The number of urea groups is 1. The Balaban J connectivity index is 1.33. The number of aromatic nitrogens is 1. The van der Waals surface area contributed by atoms with Crippen molar-refractivity contribution in [1.29, 1.82) is 0 Å². The molecule has 6 nitrogen and oxygen atoms in total. The average molecular weight is 459 g/mol. The molecule has 0 saturated carbocycles. The number of piperidine rings is 1. The number of aromatic amines is 1. The van der Waals surface area contributed by atoms with Gasteiger partial charge in [0.05, 0.1) is 0 Å². The Morgan fingerprint density at radius 2 is 1.68 bits per heavy atom. The molecule has 0 radical (unpaired) electrons. The van der Waals surface area contributed by atoms with E-state index in [9.17, 15) is 9.59 Å². The van der Waals surface area contributed by atoms with Crippen molar-refractivity contribution in [3.63, 3.8) is 0 Å². The van der Waals surface area contributed by atoms with Gasteiger partial charge >= 0.3 is 6.03 Å². The van der Waals surface area contributed by atoms with Crippen molar-refractivity contribution in [2.45, 2.75) is 45.2 Å². The van der Waals surface area contributed by atoms with E-state index in [0.29, 0.717) is 25.9 Å². The monoisotopic (exact) mass is 458 g/mol. The van der Waals surface area contributed by atoms with E-state index in [-0.39, 0.29) is 17.9 Å². The van der Waals surface area contributed by atoms with Crippen molar-refractivity contribution in [3.05, 3.63) is 71.9 Å². The highest BCUT2D eigenvalue weighted by atomic mass is 16.2. The van der Waals surface area contributed by atoms with E-state index in [1.54, 1.807) is 0 Å². The van der Waals surface area contributed by atoms with Gasteiger partial charge in [0.1, 0.15) is 5.54 Å². The van der Waals surface area contributed by atoms with Gasteiger partial charge in [0.25, 0.3) is 5.91 Å². The summed E-state index contributed by atoms with van der Waals surface area (Å²) < 4.78 is 0. The number of fused-ring (bicyclic) bond motifs is 1. The predicted octanol–water partition coefficient (Wildman–Crippen LogP) is 4.67. The molecule has 3 amide bonds. The second-order valence-corrected chi connectivity index (χ2v) is 10.1. The molecular formula is C28H34N4O2. The molecule has 2 fully saturated rings. The summed E-state index contributed by atoms with van der Waals surface area (Å²) in [5.74, 6) is 0.256. The van der Waals surface area contributed by atoms with Crippen LogP contribution in [0.25, 0.3) is 10.9 Å². The smallest absolute Gasteiger partial charge is 0.327 e. The molecule has 0 aliphatic carbocycles. The van der Waals surface area contributed by atoms with E-state index >= 15 is 0 Å². The first-order chi connectivity index (χ1) is 16.5. The van der Waals surface area contributed by atoms with E-state index in [2.05, 4.69) is 60.3 Å². The van der Waals surface area contributed by atoms with Gasteiger partial charge in [-0.15, -0.1) is 0 Å². The zero-order chi connectivity index (χ0) is 23.7. The molecule has 2 aromatic carbocycles. The Morgan fingerprint density at radius 1 is 0.971 bits per heavy atom. The fourth-order valence-corrected chi connectivity index (χ4v) is 5.57. The van der Waals surface area contributed by atoms with Gasteiger partial charge in [-0.1, -0.05) is 62.4 Å². The van der Waals surface area contributed by atoms with E-state index in [1.807, 2.05) is 29.2 Å². The third-order valence-electron chi connectivity index (χ3n) is 7.39. The zero-order valence-corrected chi connectivity index (χ0v) is 20.2. The van der Waals surface area contributed by atoms with Gasteiger partial charge in [0, 0.05) is 49.8 Å². The maximum atomic E-state index is 13.7. The van der Waals surface area contributed by atoms with Gasteiger partial charge in [0.2, 0.25) is 0 Å². The summed E-state index contributed by atoms with van der Waals surface area (Å²) >= 11 is 0. The molecule has 0 bridgehead atoms. The Kier molecular flexibility index (Phi) is 6.17. The molecule has 2 aliphatic rings. The minimum Gasteiger partial charge on any atom is -0.361 e. The molecule has 0 unspecified atom stereocenters. The van der Waals surface area contributed by atoms with E-state index in [1.165, 1.54) is 21.4 Å². The van der Waals surface area contributed by atoms with Gasteiger partial charge < -0.3 is 9.88 Å². The second kappa shape index (κ2) is 9.26. The summed E-state index contributed by atoms with van der Waals surface area (Å²) in [6.07, 6.45) is 4.22. The van der Waals surface area contributed by atoms with Crippen molar-refractivity contribution in [2.24, 2.45) is 5.92 Å². The van der Waals surface area contributed by atoms with Gasteiger partial charge in [-0.3, -0.25) is 14.6 Å². The van der Waals surface area contributed by atoms with Crippen LogP contribution in [-0.4, -0.2) is 63.3 Å². The summed E-state index contributed by atoms with van der Waals surface area (Å²) in [5, 5.41) is 1.25. The first-order valence-electron chi connectivity index (χ1n) is 12.4. The third kappa shape index (κ3) is 4.11. The molecule has 1 aromatic heterocycles. The first-order valence-corrected chi connectivity index (χ1v) is 12.4. The number of imide groups is 1. The summed E-state index contributed by atoms with van der Waals surface area (Å²) in [5.41, 5.74) is 2.91. The fourth-order valence-electron chi connectivity index (χ4n) is 5.57. The average Bonchev–Trinajstić information content (AvgIpc) is 3.33. The molecular weight excluding hydrogens is 424 g/mol. The highest BCUT2D eigenvalue weighted by Gasteiger charge is 2.57. The molecule has 34 heavy (non-hydrogen) atoms. The predicted molar refractivity (Wildman–Crippen MR) is 134 cm³/mol. The van der Waals surface area contributed by atoms with Crippen molar-refractivity contribution < 1.29 is 9.59 Å². The van der Waals surface area contributed by atoms with Crippen LogP contribution in [0.15, 0.2) is 60.8 Å². The van der Waals surface area contributed by atoms with Crippen LogP contribution >= 0.6 is 0 Å². The SMILES string of the molecule is CC(C)CN1C(=O)N(CCc2ccccc2)C2(CCN(Cc3c[nH]c4ccccc34)CC2)C1=O. The highest BCUT2D eigenvalue weighted by Crippen LogP contribution is 2.38. The number of H-pyrrole nitrogens is 1. The number of carbonyl (C=O) groups excluding carboxylic acids is 2. The molecule has 6 heteroatoms. The number of rotatable bonds is 7. The van der Waals surface area contributed by atoms with Crippen molar-refractivity contribution in [3.8, 4) is 0 Å². The lowest BCUT2D eigenvalue weighted by molar-refractivity contribution is -0.136. The van der Waals surface area contributed by atoms with Crippen molar-refractivity contribution in [1.82, 2.24) is 19.7 Å². The number of nitrogens with one attached hydrogen (secondary N) is 1. The Bertz CT molecular complexity index is 1160. The lowest BCUT2D eigenvalue weighted by atomic mass is 9.85. The van der Waals surface area contributed by atoms with Crippen molar-refractivity contribution >= 4 is 22.8 Å². The van der Waals surface area contributed by atoms with Crippen LogP contribution in [0.5, 0.6) is 0 Å². The standard InChI is InChI=1S/C28H34N4O2/c1-21(2)19-31-26(33)28(32(27(31)34)15-12-22-8-4-3-5-9-22)13-16-30(17-14-28)20-23-18-29-25-11-7-6-10-24(23)25/h3-11,18,21,29H,12-17,19-20H2,1-2H3. The quantitative estimate of drug-likeness (QED) is 0.524. The summed E-state index contributed by atoms with van der Waals surface area (Å²) in [6.45, 7) is 7.63. The molecule has 1 spiro atoms. The number of amides is 3. The number of nitrogens with zero attached hydrogens (tertiary/aromatic N) is 3. The Labute approximate surface area is 201 Å². The molecule has 5 rings (SSSR count). The van der Waals surface area contributed by atoms with Gasteiger partial charge in [-0.2, -0.15) is 0 Å². The van der Waals surface area contributed by atoms with E-state index < -0.39 is 5.54 Å².